The largest absolute Gasteiger partial charge is 0.374 e. The quantitative estimate of drug-likeness (QED) is 0.255. The lowest BCUT2D eigenvalue weighted by atomic mass is 10.1. The van der Waals surface area contributed by atoms with Crippen LogP contribution in [-0.4, -0.2) is 59.5 Å². The van der Waals surface area contributed by atoms with Crippen LogP contribution >= 0.6 is 0 Å². The first-order valence-corrected chi connectivity index (χ1v) is 12.7. The van der Waals surface area contributed by atoms with E-state index in [0.29, 0.717) is 28.3 Å². The van der Waals surface area contributed by atoms with Gasteiger partial charge in [-0.05, 0) is 44.2 Å². The molecule has 6 heterocycles. The molecule has 11 heteroatoms. The number of aliphatic hydroxyl groups is 1. The van der Waals surface area contributed by atoms with Gasteiger partial charge >= 0.3 is 0 Å². The first-order chi connectivity index (χ1) is 18.2. The van der Waals surface area contributed by atoms with E-state index in [1.54, 1.807) is 24.7 Å². The topological polar surface area (TPSA) is 132 Å². The fraction of sp³-hybridized carbons (Fsp3) is 0.346. The van der Waals surface area contributed by atoms with E-state index >= 15 is 4.39 Å². The maximum atomic E-state index is 16.0. The molecule has 10 nitrogen and oxygen atoms in total. The summed E-state index contributed by atoms with van der Waals surface area (Å²) >= 11 is 0. The first kappa shape index (κ1) is 22.1. The molecule has 1 aliphatic heterocycles. The van der Waals surface area contributed by atoms with Crippen LogP contribution in [-0.2, 0) is 0 Å². The number of H-pyrrole nitrogens is 2. The van der Waals surface area contributed by atoms with Gasteiger partial charge in [0, 0.05) is 48.7 Å². The molecule has 0 aromatic carbocycles. The van der Waals surface area contributed by atoms with E-state index in [2.05, 4.69) is 40.3 Å². The molecular weight excluding hydrogens is 473 g/mol. The summed E-state index contributed by atoms with van der Waals surface area (Å²) in [6.07, 6.45) is 11.3. The predicted octanol–water partition coefficient (Wildman–Crippen LogP) is 4.23. The molecule has 5 aromatic heterocycles. The van der Waals surface area contributed by atoms with E-state index in [1.807, 2.05) is 6.07 Å². The minimum atomic E-state index is -0.639. The van der Waals surface area contributed by atoms with E-state index in [1.165, 1.54) is 12.6 Å². The van der Waals surface area contributed by atoms with Gasteiger partial charge in [-0.2, -0.15) is 5.10 Å². The number of rotatable bonds is 6. The van der Waals surface area contributed by atoms with Crippen molar-refractivity contribution in [2.75, 3.05) is 23.3 Å². The van der Waals surface area contributed by atoms with Gasteiger partial charge in [-0.1, -0.05) is 0 Å². The highest BCUT2D eigenvalue weighted by molar-refractivity contribution is 5.96. The van der Waals surface area contributed by atoms with Crippen molar-refractivity contribution in [3.05, 3.63) is 42.7 Å². The lowest BCUT2D eigenvalue weighted by Crippen LogP contribution is -2.30. The second-order valence-electron chi connectivity index (χ2n) is 9.84. The number of imidazole rings is 1. The molecule has 1 aliphatic carbocycles. The fourth-order valence-corrected chi connectivity index (χ4v) is 5.07. The van der Waals surface area contributed by atoms with Gasteiger partial charge in [0.1, 0.15) is 23.3 Å². The molecule has 1 unspecified atom stereocenters. The minimum Gasteiger partial charge on any atom is -0.374 e. The molecule has 37 heavy (non-hydrogen) atoms. The Bertz CT molecular complexity index is 1600. The molecule has 0 radical (unpaired) electrons. The molecule has 4 N–H and O–H groups in total. The Morgan fingerprint density at radius 3 is 2.81 bits per heavy atom. The number of pyridine rings is 3. The van der Waals surface area contributed by atoms with Gasteiger partial charge in [0.15, 0.2) is 17.3 Å². The molecule has 0 spiro atoms. The third-order valence-electron chi connectivity index (χ3n) is 7.23. The molecule has 2 fully saturated rings. The van der Waals surface area contributed by atoms with Crippen molar-refractivity contribution >= 4 is 33.6 Å². The first-order valence-electron chi connectivity index (χ1n) is 12.7. The Labute approximate surface area is 211 Å². The van der Waals surface area contributed by atoms with Crippen molar-refractivity contribution in [1.29, 1.82) is 0 Å². The molecule has 0 bridgehead atoms. The van der Waals surface area contributed by atoms with Gasteiger partial charge in [-0.25, -0.2) is 19.3 Å². The number of nitrogens with zero attached hydrogens (tertiary/aromatic N) is 6. The SMILES string of the molecule is OC(Nc1cncc(-c2cnc3n[nH]c(-c4nc5c(N6CCCCC6)nccc5[nH]4)c3c2F)c1)C1CC1. The Morgan fingerprint density at radius 1 is 1.11 bits per heavy atom. The van der Waals surface area contributed by atoms with Gasteiger partial charge in [0.05, 0.1) is 22.8 Å². The normalized spacial score (nSPS) is 17.0. The summed E-state index contributed by atoms with van der Waals surface area (Å²) in [7, 11) is 0. The Morgan fingerprint density at radius 2 is 1.97 bits per heavy atom. The van der Waals surface area contributed by atoms with Crippen molar-refractivity contribution < 1.29 is 9.50 Å². The summed E-state index contributed by atoms with van der Waals surface area (Å²) in [5, 5.41) is 20.7. The third kappa shape index (κ3) is 3.95. The Balaban J connectivity index is 1.28. The molecule has 7 rings (SSSR count). The Kier molecular flexibility index (Phi) is 5.24. The van der Waals surface area contributed by atoms with Crippen LogP contribution < -0.4 is 10.2 Å². The number of nitrogens with one attached hydrogen (secondary N) is 3. The summed E-state index contributed by atoms with van der Waals surface area (Å²) in [6.45, 7) is 1.89. The maximum absolute atomic E-state index is 16.0. The summed E-state index contributed by atoms with van der Waals surface area (Å²) in [5.41, 5.74) is 3.73. The van der Waals surface area contributed by atoms with Crippen LogP contribution in [0, 0.1) is 11.7 Å². The van der Waals surface area contributed by atoms with Gasteiger partial charge in [0.25, 0.3) is 0 Å². The van der Waals surface area contributed by atoms with Crippen LogP contribution in [0.4, 0.5) is 15.9 Å². The van der Waals surface area contributed by atoms with Crippen LogP contribution in [0.5, 0.6) is 0 Å². The zero-order valence-electron chi connectivity index (χ0n) is 20.1. The van der Waals surface area contributed by atoms with Crippen molar-refractivity contribution in [3.8, 4) is 22.6 Å². The zero-order valence-corrected chi connectivity index (χ0v) is 20.1. The van der Waals surface area contributed by atoms with Crippen molar-refractivity contribution in [2.45, 2.75) is 38.3 Å². The molecular formula is C26H26FN9O. The van der Waals surface area contributed by atoms with E-state index in [-0.39, 0.29) is 17.0 Å². The number of hydrogen-bond acceptors (Lipinski definition) is 8. The highest BCUT2D eigenvalue weighted by Crippen LogP contribution is 2.36. The summed E-state index contributed by atoms with van der Waals surface area (Å²) in [4.78, 5) is 23.6. The van der Waals surface area contributed by atoms with Gasteiger partial charge in [-0.3, -0.25) is 10.1 Å². The lowest BCUT2D eigenvalue weighted by Gasteiger charge is -2.27. The molecule has 5 aromatic rings. The average molecular weight is 500 g/mol. The summed E-state index contributed by atoms with van der Waals surface area (Å²) in [5.74, 6) is 1.10. The van der Waals surface area contributed by atoms with Crippen molar-refractivity contribution in [2.24, 2.45) is 5.92 Å². The van der Waals surface area contributed by atoms with Gasteiger partial charge in [-0.15, -0.1) is 0 Å². The lowest BCUT2D eigenvalue weighted by molar-refractivity contribution is 0.180. The molecule has 0 amide bonds. The van der Waals surface area contributed by atoms with E-state index in [0.717, 1.165) is 55.6 Å². The minimum absolute atomic E-state index is 0.250. The van der Waals surface area contributed by atoms with E-state index in [9.17, 15) is 5.11 Å². The predicted molar refractivity (Wildman–Crippen MR) is 138 cm³/mol. The average Bonchev–Trinajstić information content (AvgIpc) is 3.54. The molecule has 1 saturated carbocycles. The third-order valence-corrected chi connectivity index (χ3v) is 7.23. The molecule has 188 valence electrons. The monoisotopic (exact) mass is 499 g/mol. The number of halogens is 1. The van der Waals surface area contributed by atoms with Crippen molar-refractivity contribution in [3.63, 3.8) is 0 Å². The smallest absolute Gasteiger partial charge is 0.184 e. The second-order valence-corrected chi connectivity index (χ2v) is 9.84. The van der Waals surface area contributed by atoms with Gasteiger partial charge < -0.3 is 20.3 Å². The number of anilines is 2. The number of aromatic amines is 2. The summed E-state index contributed by atoms with van der Waals surface area (Å²) < 4.78 is 16.0. The highest BCUT2D eigenvalue weighted by atomic mass is 19.1. The molecule has 1 saturated heterocycles. The number of hydrogen-bond donors (Lipinski definition) is 4. The Hall–Kier alpha value is -4.12. The van der Waals surface area contributed by atoms with Crippen LogP contribution in [0.3, 0.4) is 0 Å². The maximum Gasteiger partial charge on any atom is 0.184 e. The van der Waals surface area contributed by atoms with Crippen LogP contribution in [0.2, 0.25) is 0 Å². The number of fused-ring (bicyclic) bond motifs is 2. The number of aliphatic hydroxyl groups excluding tert-OH is 1. The number of piperidine rings is 1. The highest BCUT2D eigenvalue weighted by Gasteiger charge is 2.30. The summed E-state index contributed by atoms with van der Waals surface area (Å²) in [6, 6.07) is 3.64. The van der Waals surface area contributed by atoms with Crippen molar-refractivity contribution in [1.82, 2.24) is 35.1 Å². The zero-order chi connectivity index (χ0) is 24.9. The van der Waals surface area contributed by atoms with E-state index in [4.69, 9.17) is 4.98 Å². The van der Waals surface area contributed by atoms with E-state index < -0.39 is 12.0 Å². The molecule has 1 atom stereocenters. The van der Waals surface area contributed by atoms with Crippen LogP contribution in [0.1, 0.15) is 32.1 Å². The fourth-order valence-electron chi connectivity index (χ4n) is 5.07. The standard InChI is InChI=1S/C26H26FN9O/c27-20-17(15-10-16(12-28-11-15)31-26(37)14-4-5-14)13-30-23-19(20)22(34-35-23)24-32-18-6-7-29-25(21(18)33-24)36-8-2-1-3-9-36/h6-7,10-14,26,31,37H,1-5,8-9H2,(H,32,33)(H,30,34,35). The second kappa shape index (κ2) is 8.77. The van der Waals surface area contributed by atoms with Gasteiger partial charge in [0.2, 0.25) is 0 Å². The number of aromatic nitrogens is 7. The van der Waals surface area contributed by atoms with Crippen LogP contribution in [0.25, 0.3) is 44.7 Å². The molecule has 2 aliphatic rings. The van der Waals surface area contributed by atoms with Crippen LogP contribution in [0.15, 0.2) is 36.9 Å².